The van der Waals surface area contributed by atoms with Gasteiger partial charge in [-0.25, -0.2) is 0 Å². The van der Waals surface area contributed by atoms with E-state index in [0.717, 1.165) is 13.1 Å². The van der Waals surface area contributed by atoms with Crippen molar-refractivity contribution in [3.8, 4) is 0 Å². The third-order valence-corrected chi connectivity index (χ3v) is 4.50. The standard InChI is InChI=1S/C19H27NO2S/c1-15(2)22-14-18(21)12-20(11-17-7-5-4-6-8-17)13-19-10-9-16(3)23-19/h4-10,15,18,21H,11-14H2,1-3H3. The lowest BCUT2D eigenvalue weighted by Gasteiger charge is -2.25. The molecule has 1 aromatic heterocycles. The van der Waals surface area contributed by atoms with Gasteiger partial charge in [0.2, 0.25) is 0 Å². The average Bonchev–Trinajstić information content (AvgIpc) is 2.91. The third-order valence-electron chi connectivity index (χ3n) is 3.52. The van der Waals surface area contributed by atoms with Gasteiger partial charge < -0.3 is 9.84 Å². The molecule has 0 aliphatic rings. The van der Waals surface area contributed by atoms with E-state index in [9.17, 15) is 5.11 Å². The molecule has 1 unspecified atom stereocenters. The van der Waals surface area contributed by atoms with E-state index < -0.39 is 6.10 Å². The number of hydrogen-bond donors (Lipinski definition) is 1. The van der Waals surface area contributed by atoms with Gasteiger partial charge in [-0.05, 0) is 38.5 Å². The highest BCUT2D eigenvalue weighted by molar-refractivity contribution is 7.11. The van der Waals surface area contributed by atoms with Crippen LogP contribution in [0.3, 0.4) is 0 Å². The summed E-state index contributed by atoms with van der Waals surface area (Å²) in [5, 5.41) is 10.3. The second-order valence-electron chi connectivity index (χ2n) is 6.20. The Morgan fingerprint density at radius 1 is 1.09 bits per heavy atom. The molecule has 0 saturated carbocycles. The summed E-state index contributed by atoms with van der Waals surface area (Å²) >= 11 is 1.82. The lowest BCUT2D eigenvalue weighted by Crippen LogP contribution is -2.34. The van der Waals surface area contributed by atoms with Crippen molar-refractivity contribution in [2.45, 2.75) is 46.1 Å². The Kier molecular flexibility index (Phi) is 7.24. The number of aliphatic hydroxyl groups is 1. The zero-order valence-electron chi connectivity index (χ0n) is 14.2. The molecule has 0 aliphatic heterocycles. The highest BCUT2D eigenvalue weighted by Gasteiger charge is 2.14. The van der Waals surface area contributed by atoms with Gasteiger partial charge in [0, 0.05) is 29.4 Å². The SMILES string of the molecule is Cc1ccc(CN(Cc2ccccc2)CC(O)COC(C)C)s1. The van der Waals surface area contributed by atoms with Gasteiger partial charge in [-0.15, -0.1) is 11.3 Å². The van der Waals surface area contributed by atoms with Gasteiger partial charge >= 0.3 is 0 Å². The Morgan fingerprint density at radius 3 is 2.43 bits per heavy atom. The molecule has 0 aliphatic carbocycles. The minimum Gasteiger partial charge on any atom is -0.389 e. The Balaban J connectivity index is 1.98. The number of rotatable bonds is 9. The maximum Gasteiger partial charge on any atom is 0.0900 e. The van der Waals surface area contributed by atoms with E-state index in [1.54, 1.807) is 0 Å². The van der Waals surface area contributed by atoms with E-state index in [2.05, 4.69) is 48.2 Å². The van der Waals surface area contributed by atoms with Crippen LogP contribution >= 0.6 is 11.3 Å². The number of ether oxygens (including phenoxy) is 1. The van der Waals surface area contributed by atoms with Crippen molar-refractivity contribution in [1.82, 2.24) is 4.90 Å². The summed E-state index contributed by atoms with van der Waals surface area (Å²) in [6.45, 7) is 8.78. The summed E-state index contributed by atoms with van der Waals surface area (Å²) in [5.41, 5.74) is 1.26. The van der Waals surface area contributed by atoms with Gasteiger partial charge in [0.15, 0.2) is 0 Å². The van der Waals surface area contributed by atoms with Crippen molar-refractivity contribution < 1.29 is 9.84 Å². The lowest BCUT2D eigenvalue weighted by molar-refractivity contribution is -0.0105. The number of hydrogen-bond acceptors (Lipinski definition) is 4. The molecule has 4 heteroatoms. The quantitative estimate of drug-likeness (QED) is 0.757. The Bertz CT molecular complexity index is 568. The number of benzene rings is 1. The lowest BCUT2D eigenvalue weighted by atomic mass is 10.2. The first kappa shape index (κ1) is 18.1. The van der Waals surface area contributed by atoms with Crippen molar-refractivity contribution in [3.05, 3.63) is 57.8 Å². The molecule has 0 spiro atoms. The van der Waals surface area contributed by atoms with E-state index in [0.29, 0.717) is 13.2 Å². The number of thiophene rings is 1. The molecule has 0 radical (unpaired) electrons. The minimum absolute atomic E-state index is 0.146. The maximum absolute atomic E-state index is 10.3. The van der Waals surface area contributed by atoms with Gasteiger partial charge in [0.05, 0.1) is 18.8 Å². The molecule has 2 rings (SSSR count). The van der Waals surface area contributed by atoms with Crippen LogP contribution in [0.1, 0.15) is 29.2 Å². The summed E-state index contributed by atoms with van der Waals surface area (Å²) in [6.07, 6.45) is -0.325. The van der Waals surface area contributed by atoms with Crippen molar-refractivity contribution in [3.63, 3.8) is 0 Å². The minimum atomic E-state index is -0.470. The summed E-state index contributed by atoms with van der Waals surface area (Å²) in [4.78, 5) is 4.94. The third kappa shape index (κ3) is 6.83. The molecule has 1 atom stereocenters. The van der Waals surface area contributed by atoms with Crippen molar-refractivity contribution in [2.24, 2.45) is 0 Å². The molecule has 1 aromatic carbocycles. The smallest absolute Gasteiger partial charge is 0.0900 e. The fourth-order valence-corrected chi connectivity index (χ4v) is 3.40. The van der Waals surface area contributed by atoms with E-state index >= 15 is 0 Å². The zero-order chi connectivity index (χ0) is 16.7. The molecular weight excluding hydrogens is 306 g/mol. The van der Waals surface area contributed by atoms with Gasteiger partial charge in [-0.1, -0.05) is 30.3 Å². The maximum atomic E-state index is 10.3. The Morgan fingerprint density at radius 2 is 1.83 bits per heavy atom. The predicted molar refractivity (Wildman–Crippen MR) is 96.7 cm³/mol. The predicted octanol–water partition coefficient (Wildman–Crippen LogP) is 3.84. The molecule has 0 fully saturated rings. The largest absolute Gasteiger partial charge is 0.389 e. The van der Waals surface area contributed by atoms with E-state index in [1.807, 2.05) is 31.3 Å². The monoisotopic (exact) mass is 333 g/mol. The van der Waals surface area contributed by atoms with Crippen LogP contribution in [0.5, 0.6) is 0 Å². The molecule has 1 heterocycles. The van der Waals surface area contributed by atoms with Crippen LogP contribution < -0.4 is 0 Å². The number of aryl methyl sites for hydroxylation is 1. The van der Waals surface area contributed by atoms with Crippen molar-refractivity contribution >= 4 is 11.3 Å². The van der Waals surface area contributed by atoms with Crippen LogP contribution in [-0.4, -0.2) is 35.4 Å². The molecule has 23 heavy (non-hydrogen) atoms. The summed E-state index contributed by atoms with van der Waals surface area (Å²) < 4.78 is 5.53. The molecule has 3 nitrogen and oxygen atoms in total. The summed E-state index contributed by atoms with van der Waals surface area (Å²) in [5.74, 6) is 0. The van der Waals surface area contributed by atoms with E-state index in [4.69, 9.17) is 4.74 Å². The molecule has 0 amide bonds. The van der Waals surface area contributed by atoms with Gasteiger partial charge in [0.1, 0.15) is 0 Å². The Labute approximate surface area is 143 Å². The zero-order valence-corrected chi connectivity index (χ0v) is 15.1. The van der Waals surface area contributed by atoms with Crippen LogP contribution in [0.15, 0.2) is 42.5 Å². The van der Waals surface area contributed by atoms with Crippen LogP contribution in [0.25, 0.3) is 0 Å². The van der Waals surface area contributed by atoms with Crippen LogP contribution in [-0.2, 0) is 17.8 Å². The highest BCUT2D eigenvalue weighted by Crippen LogP contribution is 2.18. The first-order chi connectivity index (χ1) is 11.0. The normalized spacial score (nSPS) is 13.0. The van der Waals surface area contributed by atoms with Gasteiger partial charge in [-0.3, -0.25) is 4.90 Å². The first-order valence-corrected chi connectivity index (χ1v) is 8.96. The second kappa shape index (κ2) is 9.18. The van der Waals surface area contributed by atoms with Crippen molar-refractivity contribution in [1.29, 1.82) is 0 Å². The number of aliphatic hydroxyl groups excluding tert-OH is 1. The molecular formula is C19H27NO2S. The molecule has 0 bridgehead atoms. The van der Waals surface area contributed by atoms with Gasteiger partial charge in [-0.2, -0.15) is 0 Å². The average molecular weight is 333 g/mol. The Hall–Kier alpha value is -1.20. The van der Waals surface area contributed by atoms with E-state index in [-0.39, 0.29) is 6.10 Å². The first-order valence-electron chi connectivity index (χ1n) is 8.14. The fraction of sp³-hybridized carbons (Fsp3) is 0.474. The highest BCUT2D eigenvalue weighted by atomic mass is 32.1. The topological polar surface area (TPSA) is 32.7 Å². The summed E-state index contributed by atoms with van der Waals surface area (Å²) in [6, 6.07) is 14.7. The summed E-state index contributed by atoms with van der Waals surface area (Å²) in [7, 11) is 0. The molecule has 126 valence electrons. The van der Waals surface area contributed by atoms with Crippen LogP contribution in [0.2, 0.25) is 0 Å². The second-order valence-corrected chi connectivity index (χ2v) is 7.58. The van der Waals surface area contributed by atoms with E-state index in [1.165, 1.54) is 15.3 Å². The molecule has 2 aromatic rings. The van der Waals surface area contributed by atoms with Crippen LogP contribution in [0, 0.1) is 6.92 Å². The molecule has 1 N–H and O–H groups in total. The van der Waals surface area contributed by atoms with Gasteiger partial charge in [0.25, 0.3) is 0 Å². The van der Waals surface area contributed by atoms with Crippen molar-refractivity contribution in [2.75, 3.05) is 13.2 Å². The fourth-order valence-electron chi connectivity index (χ4n) is 2.47. The molecule has 0 saturated heterocycles. The number of nitrogens with zero attached hydrogens (tertiary/aromatic N) is 1. The van der Waals surface area contributed by atoms with Crippen LogP contribution in [0.4, 0.5) is 0 Å².